The summed E-state index contributed by atoms with van der Waals surface area (Å²) in [5, 5.41) is 11.0. The molecule has 0 aliphatic carbocycles. The minimum atomic E-state index is -1.05. The van der Waals surface area contributed by atoms with Gasteiger partial charge in [0.1, 0.15) is 6.54 Å². The van der Waals surface area contributed by atoms with Crippen LogP contribution in [-0.4, -0.2) is 37.6 Å². The largest absolute Gasteiger partial charge is 0.480 e. The number of hydrogen-bond donors (Lipinski definition) is 3. The number of hydrogen-bond acceptors (Lipinski definition) is 6. The van der Waals surface area contributed by atoms with Crippen molar-refractivity contribution in [2.75, 3.05) is 11.9 Å². The summed E-state index contributed by atoms with van der Waals surface area (Å²) in [7, 11) is 0. The highest BCUT2D eigenvalue weighted by atomic mass is 16.4. The van der Waals surface area contributed by atoms with E-state index in [1.54, 1.807) is 13.8 Å². The molecule has 0 amide bonds. The Hall–Kier alpha value is -2.51. The van der Waals surface area contributed by atoms with Gasteiger partial charge in [-0.3, -0.25) is 14.6 Å². The van der Waals surface area contributed by atoms with Gasteiger partial charge in [0.15, 0.2) is 11.2 Å². The third kappa shape index (κ3) is 2.26. The number of aryl methyl sites for hydroxylation is 2. The van der Waals surface area contributed by atoms with Gasteiger partial charge in [-0.15, -0.1) is 0 Å². The van der Waals surface area contributed by atoms with Crippen molar-refractivity contribution in [1.29, 1.82) is 0 Å². The lowest BCUT2D eigenvalue weighted by Gasteiger charge is -2.04. The first kappa shape index (κ1) is 12.0. The molecule has 8 nitrogen and oxygen atoms in total. The van der Waals surface area contributed by atoms with Crippen LogP contribution >= 0.6 is 0 Å². The number of aliphatic carboxylic acids is 1. The molecule has 0 atom stereocenters. The number of fused-ring (bicyclic) bond motifs is 1. The first-order valence-corrected chi connectivity index (χ1v) is 5.18. The maximum Gasteiger partial charge on any atom is 0.322 e. The molecule has 2 aromatic heterocycles. The number of carboxylic acid groups (broad SMARTS) is 1. The molecule has 0 radical (unpaired) electrons. The quantitative estimate of drug-likeness (QED) is 0.690. The molecule has 3 N–H and O–H groups in total. The van der Waals surface area contributed by atoms with E-state index in [1.165, 1.54) is 0 Å². The van der Waals surface area contributed by atoms with Gasteiger partial charge >= 0.3 is 5.97 Å². The zero-order valence-electron chi connectivity index (χ0n) is 9.81. The predicted molar refractivity (Wildman–Crippen MR) is 63.6 cm³/mol. The van der Waals surface area contributed by atoms with Crippen molar-refractivity contribution >= 4 is 23.1 Å². The summed E-state index contributed by atoms with van der Waals surface area (Å²) in [5.74, 6) is -0.989. The smallest absolute Gasteiger partial charge is 0.322 e. The Morgan fingerprint density at radius 3 is 2.61 bits per heavy atom. The van der Waals surface area contributed by atoms with Crippen molar-refractivity contribution in [2.45, 2.75) is 13.8 Å². The van der Waals surface area contributed by atoms with Gasteiger partial charge < -0.3 is 10.4 Å². The second-order valence-corrected chi connectivity index (χ2v) is 3.73. The lowest BCUT2D eigenvalue weighted by molar-refractivity contribution is -0.134. The Balaban J connectivity index is 2.51. The van der Waals surface area contributed by atoms with Crippen molar-refractivity contribution in [3.63, 3.8) is 0 Å². The van der Waals surface area contributed by atoms with Gasteiger partial charge in [-0.1, -0.05) is 0 Å². The Bertz CT molecular complexity index is 679. The number of carboxylic acids is 1. The summed E-state index contributed by atoms with van der Waals surface area (Å²) >= 11 is 0. The van der Waals surface area contributed by atoms with Crippen LogP contribution in [0.1, 0.15) is 11.4 Å². The molecule has 0 aromatic carbocycles. The number of carbonyl (C=O) groups is 1. The third-order valence-corrected chi connectivity index (χ3v) is 2.36. The van der Waals surface area contributed by atoms with Gasteiger partial charge in [-0.05, 0) is 13.8 Å². The summed E-state index contributed by atoms with van der Waals surface area (Å²) in [6.45, 7) is 3.17. The standard InChI is InChI=1S/C10H11N5O3/c1-4-5(2)13-8-7(12-4)9(18)15-10(14-8)11-3-6(16)17/h3H2,1-2H3,(H,16,17)(H2,11,13,14,15,18). The first-order chi connectivity index (χ1) is 8.47. The summed E-state index contributed by atoms with van der Waals surface area (Å²) < 4.78 is 0. The number of aromatic nitrogens is 4. The van der Waals surface area contributed by atoms with E-state index in [-0.39, 0.29) is 23.7 Å². The lowest BCUT2D eigenvalue weighted by Crippen LogP contribution is -2.19. The van der Waals surface area contributed by atoms with Crippen LogP contribution in [0.4, 0.5) is 5.95 Å². The van der Waals surface area contributed by atoms with Gasteiger partial charge in [0.2, 0.25) is 5.95 Å². The fraction of sp³-hybridized carbons (Fsp3) is 0.300. The van der Waals surface area contributed by atoms with E-state index in [2.05, 4.69) is 25.3 Å². The van der Waals surface area contributed by atoms with Crippen LogP contribution in [0.3, 0.4) is 0 Å². The molecule has 0 aliphatic heterocycles. The van der Waals surface area contributed by atoms with Crippen LogP contribution < -0.4 is 10.9 Å². The number of anilines is 1. The SMILES string of the molecule is Cc1nc2nc(NCC(=O)O)[nH]c(=O)c2nc1C. The molecule has 18 heavy (non-hydrogen) atoms. The molecular weight excluding hydrogens is 238 g/mol. The zero-order valence-corrected chi connectivity index (χ0v) is 9.81. The highest BCUT2D eigenvalue weighted by Gasteiger charge is 2.09. The van der Waals surface area contributed by atoms with Crippen LogP contribution in [-0.2, 0) is 4.79 Å². The van der Waals surface area contributed by atoms with Crippen LogP contribution in [0.5, 0.6) is 0 Å². The van der Waals surface area contributed by atoms with E-state index in [4.69, 9.17) is 5.11 Å². The Kier molecular flexibility index (Phi) is 2.92. The van der Waals surface area contributed by atoms with Crippen LogP contribution in [0.2, 0.25) is 0 Å². The molecule has 0 unspecified atom stereocenters. The summed E-state index contributed by atoms with van der Waals surface area (Å²) in [4.78, 5) is 36.8. The maximum absolute atomic E-state index is 11.7. The maximum atomic E-state index is 11.7. The highest BCUT2D eigenvalue weighted by Crippen LogP contribution is 2.07. The average Bonchev–Trinajstić information content (AvgIpc) is 2.29. The second kappa shape index (κ2) is 4.40. The van der Waals surface area contributed by atoms with Gasteiger partial charge in [0.05, 0.1) is 11.4 Å². The summed E-state index contributed by atoms with van der Waals surface area (Å²) in [5.41, 5.74) is 1.20. The Morgan fingerprint density at radius 2 is 1.94 bits per heavy atom. The van der Waals surface area contributed by atoms with E-state index in [9.17, 15) is 9.59 Å². The fourth-order valence-corrected chi connectivity index (χ4v) is 1.37. The molecule has 2 rings (SSSR count). The van der Waals surface area contributed by atoms with E-state index in [0.29, 0.717) is 11.4 Å². The predicted octanol–water partition coefficient (Wildman–Crippen LogP) is -0.174. The zero-order chi connectivity index (χ0) is 13.3. The average molecular weight is 249 g/mol. The van der Waals surface area contributed by atoms with Crippen molar-refractivity contribution in [2.24, 2.45) is 0 Å². The minimum absolute atomic E-state index is 0.0625. The topological polar surface area (TPSA) is 121 Å². The molecule has 0 aliphatic rings. The second-order valence-electron chi connectivity index (χ2n) is 3.73. The van der Waals surface area contributed by atoms with Gasteiger partial charge in [0, 0.05) is 0 Å². The number of nitrogens with zero attached hydrogens (tertiary/aromatic N) is 3. The normalized spacial score (nSPS) is 10.6. The molecule has 0 saturated carbocycles. The first-order valence-electron chi connectivity index (χ1n) is 5.18. The molecule has 0 bridgehead atoms. The molecule has 94 valence electrons. The van der Waals surface area contributed by atoms with Crippen molar-refractivity contribution in [3.05, 3.63) is 21.7 Å². The Labute approximate surface area is 101 Å². The molecule has 2 heterocycles. The number of H-pyrrole nitrogens is 1. The van der Waals surface area contributed by atoms with E-state index >= 15 is 0 Å². The van der Waals surface area contributed by atoms with E-state index < -0.39 is 11.5 Å². The van der Waals surface area contributed by atoms with E-state index in [0.717, 1.165) is 0 Å². The molecule has 0 saturated heterocycles. The van der Waals surface area contributed by atoms with Gasteiger partial charge in [0.25, 0.3) is 5.56 Å². The van der Waals surface area contributed by atoms with E-state index in [1.807, 2.05) is 0 Å². The molecule has 0 spiro atoms. The minimum Gasteiger partial charge on any atom is -0.480 e. The molecule has 0 fully saturated rings. The Morgan fingerprint density at radius 1 is 1.28 bits per heavy atom. The van der Waals surface area contributed by atoms with Crippen LogP contribution in [0.25, 0.3) is 11.2 Å². The summed E-state index contributed by atoms with van der Waals surface area (Å²) in [6, 6.07) is 0. The van der Waals surface area contributed by atoms with Gasteiger partial charge in [-0.25, -0.2) is 9.97 Å². The molecule has 8 heteroatoms. The monoisotopic (exact) mass is 249 g/mol. The van der Waals surface area contributed by atoms with Crippen molar-refractivity contribution < 1.29 is 9.90 Å². The fourth-order valence-electron chi connectivity index (χ4n) is 1.37. The number of rotatable bonds is 3. The van der Waals surface area contributed by atoms with Gasteiger partial charge in [-0.2, -0.15) is 4.98 Å². The highest BCUT2D eigenvalue weighted by molar-refractivity contribution is 5.73. The van der Waals surface area contributed by atoms with Crippen molar-refractivity contribution in [3.8, 4) is 0 Å². The lowest BCUT2D eigenvalue weighted by atomic mass is 10.3. The third-order valence-electron chi connectivity index (χ3n) is 2.36. The van der Waals surface area contributed by atoms with Crippen LogP contribution in [0.15, 0.2) is 4.79 Å². The van der Waals surface area contributed by atoms with Crippen LogP contribution in [0, 0.1) is 13.8 Å². The van der Waals surface area contributed by atoms with Crippen molar-refractivity contribution in [1.82, 2.24) is 19.9 Å². The molecular formula is C10H11N5O3. The molecule has 2 aromatic rings. The number of aromatic amines is 1. The summed E-state index contributed by atoms with van der Waals surface area (Å²) in [6.07, 6.45) is 0. The number of nitrogens with one attached hydrogen (secondary N) is 2.